The summed E-state index contributed by atoms with van der Waals surface area (Å²) in [7, 11) is -3.54. The Morgan fingerprint density at radius 1 is 1.30 bits per heavy atom. The fourth-order valence-electron chi connectivity index (χ4n) is 5.23. The maximum absolute atomic E-state index is 15.7. The van der Waals surface area contributed by atoms with Crippen LogP contribution in [0.2, 0.25) is 0 Å². The number of nitrogens with one attached hydrogen (secondary N) is 1. The Morgan fingerprint density at radius 3 is 2.64 bits per heavy atom. The molecule has 2 aliphatic rings. The Hall–Kier alpha value is -2.04. The second kappa shape index (κ2) is 9.31. The lowest BCUT2D eigenvalue weighted by Crippen LogP contribution is -2.29. The van der Waals surface area contributed by atoms with Crippen LogP contribution in [0.4, 0.5) is 4.39 Å². The first kappa shape index (κ1) is 24.1. The summed E-state index contributed by atoms with van der Waals surface area (Å²) in [6, 6.07) is 3.04. The van der Waals surface area contributed by atoms with E-state index in [-0.39, 0.29) is 36.8 Å². The first-order valence-electron chi connectivity index (χ1n) is 11.7. The van der Waals surface area contributed by atoms with Crippen molar-refractivity contribution < 1.29 is 22.3 Å². The van der Waals surface area contributed by atoms with Gasteiger partial charge in [-0.1, -0.05) is 25.8 Å². The van der Waals surface area contributed by atoms with Crippen molar-refractivity contribution in [3.63, 3.8) is 0 Å². The number of esters is 1. The highest BCUT2D eigenvalue weighted by atomic mass is 32.2. The lowest BCUT2D eigenvalue weighted by molar-refractivity contribution is -0.147. The molecule has 0 amide bonds. The SMILES string of the molecule is CCOC(=O)[C@@H]1CN(S(C)(=O)=O)C[C@@H]1c1ccc2[nH]c([C@@H](N)C3CCC(C)CC3)nc2c1F. The predicted octanol–water partition coefficient (Wildman–Crippen LogP) is 3.07. The van der Waals surface area contributed by atoms with Crippen molar-refractivity contribution in [1.82, 2.24) is 14.3 Å². The summed E-state index contributed by atoms with van der Waals surface area (Å²) in [4.78, 5) is 20.2. The van der Waals surface area contributed by atoms with E-state index in [1.54, 1.807) is 19.1 Å². The van der Waals surface area contributed by atoms with Gasteiger partial charge in [0.1, 0.15) is 11.3 Å². The number of carbonyl (C=O) groups is 1. The van der Waals surface area contributed by atoms with E-state index in [2.05, 4.69) is 16.9 Å². The third kappa shape index (κ3) is 4.79. The molecular formula is C23H33FN4O4S. The highest BCUT2D eigenvalue weighted by molar-refractivity contribution is 7.88. The van der Waals surface area contributed by atoms with Gasteiger partial charge in [-0.15, -0.1) is 0 Å². The molecule has 1 aromatic carbocycles. The van der Waals surface area contributed by atoms with Crippen molar-refractivity contribution in [2.45, 2.75) is 51.5 Å². The number of sulfonamides is 1. The number of benzene rings is 1. The number of hydrogen-bond donors (Lipinski definition) is 2. The Morgan fingerprint density at radius 2 is 2.00 bits per heavy atom. The van der Waals surface area contributed by atoms with Crippen LogP contribution in [0, 0.1) is 23.6 Å². The molecule has 1 saturated heterocycles. The molecule has 182 valence electrons. The van der Waals surface area contributed by atoms with E-state index in [1.807, 2.05) is 0 Å². The van der Waals surface area contributed by atoms with Crippen LogP contribution in [0.15, 0.2) is 12.1 Å². The van der Waals surface area contributed by atoms with Gasteiger partial charge in [0.2, 0.25) is 10.0 Å². The van der Waals surface area contributed by atoms with E-state index < -0.39 is 33.6 Å². The average Bonchev–Trinajstić information content (AvgIpc) is 3.39. The maximum Gasteiger partial charge on any atom is 0.310 e. The van der Waals surface area contributed by atoms with E-state index in [0.29, 0.717) is 23.2 Å². The summed E-state index contributed by atoms with van der Waals surface area (Å²) in [5.41, 5.74) is 7.48. The number of fused-ring (bicyclic) bond motifs is 1. The van der Waals surface area contributed by atoms with Crippen LogP contribution in [-0.4, -0.2) is 54.6 Å². The lowest BCUT2D eigenvalue weighted by Gasteiger charge is -2.29. The molecule has 2 fully saturated rings. The van der Waals surface area contributed by atoms with Crippen LogP contribution in [0.1, 0.15) is 62.9 Å². The fraction of sp³-hybridized carbons (Fsp3) is 0.652. The zero-order chi connectivity index (χ0) is 23.9. The summed E-state index contributed by atoms with van der Waals surface area (Å²) in [6.07, 6.45) is 5.40. The van der Waals surface area contributed by atoms with Gasteiger partial charge in [-0.05, 0) is 43.2 Å². The molecule has 33 heavy (non-hydrogen) atoms. The number of H-pyrrole nitrogens is 1. The first-order chi connectivity index (χ1) is 15.6. The smallest absolute Gasteiger partial charge is 0.310 e. The number of aromatic amines is 1. The molecule has 1 saturated carbocycles. The number of ether oxygens (including phenoxy) is 1. The van der Waals surface area contributed by atoms with Gasteiger partial charge in [-0.3, -0.25) is 4.79 Å². The monoisotopic (exact) mass is 480 g/mol. The number of imidazole rings is 1. The molecule has 0 bridgehead atoms. The second-order valence-electron chi connectivity index (χ2n) is 9.58. The minimum absolute atomic E-state index is 0.0157. The average molecular weight is 481 g/mol. The molecule has 10 heteroatoms. The van der Waals surface area contributed by atoms with Gasteiger partial charge in [0.15, 0.2) is 5.82 Å². The molecule has 8 nitrogen and oxygen atoms in total. The largest absolute Gasteiger partial charge is 0.466 e. The molecule has 0 radical (unpaired) electrons. The third-order valence-corrected chi connectivity index (χ3v) is 8.51. The van der Waals surface area contributed by atoms with Crippen molar-refractivity contribution in [2.75, 3.05) is 26.0 Å². The van der Waals surface area contributed by atoms with Crippen LogP contribution in [-0.2, 0) is 19.6 Å². The maximum atomic E-state index is 15.7. The van der Waals surface area contributed by atoms with Crippen LogP contribution in [0.5, 0.6) is 0 Å². The summed E-state index contributed by atoms with van der Waals surface area (Å²) < 4.78 is 46.3. The number of aromatic nitrogens is 2. The van der Waals surface area contributed by atoms with Gasteiger partial charge in [0.05, 0.1) is 30.3 Å². The van der Waals surface area contributed by atoms with Crippen molar-refractivity contribution in [1.29, 1.82) is 0 Å². The van der Waals surface area contributed by atoms with Gasteiger partial charge in [0.25, 0.3) is 0 Å². The Balaban J connectivity index is 1.66. The van der Waals surface area contributed by atoms with Gasteiger partial charge in [0, 0.05) is 19.0 Å². The number of hydrogen-bond acceptors (Lipinski definition) is 6. The van der Waals surface area contributed by atoms with Crippen LogP contribution >= 0.6 is 0 Å². The molecule has 3 atom stereocenters. The molecule has 0 unspecified atom stereocenters. The summed E-state index contributed by atoms with van der Waals surface area (Å²) in [5.74, 6) is -0.941. The Labute approximate surface area is 194 Å². The van der Waals surface area contributed by atoms with E-state index in [9.17, 15) is 13.2 Å². The quantitative estimate of drug-likeness (QED) is 0.614. The first-order valence-corrected chi connectivity index (χ1v) is 13.5. The number of nitrogens with zero attached hydrogens (tertiary/aromatic N) is 2. The van der Waals surface area contributed by atoms with Crippen molar-refractivity contribution >= 4 is 27.0 Å². The van der Waals surface area contributed by atoms with Crippen molar-refractivity contribution in [3.05, 3.63) is 29.3 Å². The summed E-state index contributed by atoms with van der Waals surface area (Å²) >= 11 is 0. The van der Waals surface area contributed by atoms with Gasteiger partial charge >= 0.3 is 5.97 Å². The number of rotatable bonds is 6. The Kier molecular flexibility index (Phi) is 6.80. The number of halogens is 1. The second-order valence-corrected chi connectivity index (χ2v) is 11.6. The topological polar surface area (TPSA) is 118 Å². The standard InChI is InChI=1S/C23H33FN4O4S/c1-4-32-23(29)17-12-28(33(3,30)31)11-16(17)15-9-10-18-21(19(15)24)27-22(26-18)20(25)14-7-5-13(2)6-8-14/h9-10,13-14,16-17,20H,4-8,11-12,25H2,1-3H3,(H,26,27)/t13?,14?,16-,17-,20+/m1/s1. The summed E-state index contributed by atoms with van der Waals surface area (Å²) in [5, 5.41) is 0. The number of nitrogens with two attached hydrogens (primary N) is 1. The molecule has 0 spiro atoms. The molecule has 4 rings (SSSR count). The highest BCUT2D eigenvalue weighted by Crippen LogP contribution is 2.39. The highest BCUT2D eigenvalue weighted by Gasteiger charge is 2.44. The molecule has 1 aliphatic carbocycles. The van der Waals surface area contributed by atoms with Crippen LogP contribution in [0.3, 0.4) is 0 Å². The van der Waals surface area contributed by atoms with E-state index in [1.165, 1.54) is 4.31 Å². The zero-order valence-corrected chi connectivity index (χ0v) is 20.2. The van der Waals surface area contributed by atoms with Gasteiger partial charge in [-0.25, -0.2) is 22.1 Å². The van der Waals surface area contributed by atoms with Crippen LogP contribution in [0.25, 0.3) is 11.0 Å². The van der Waals surface area contributed by atoms with Gasteiger partial charge in [-0.2, -0.15) is 0 Å². The molecular weight excluding hydrogens is 447 g/mol. The minimum atomic E-state index is -3.54. The van der Waals surface area contributed by atoms with E-state index in [0.717, 1.165) is 31.9 Å². The number of carbonyl (C=O) groups excluding carboxylic acids is 1. The molecule has 3 N–H and O–H groups in total. The van der Waals surface area contributed by atoms with Gasteiger partial charge < -0.3 is 15.5 Å². The van der Waals surface area contributed by atoms with Crippen LogP contribution < -0.4 is 5.73 Å². The van der Waals surface area contributed by atoms with E-state index >= 15 is 4.39 Å². The normalized spacial score (nSPS) is 27.7. The van der Waals surface area contributed by atoms with Crippen molar-refractivity contribution in [2.24, 2.45) is 23.5 Å². The van der Waals surface area contributed by atoms with E-state index in [4.69, 9.17) is 10.5 Å². The third-order valence-electron chi connectivity index (χ3n) is 7.27. The predicted molar refractivity (Wildman–Crippen MR) is 123 cm³/mol. The molecule has 2 heterocycles. The minimum Gasteiger partial charge on any atom is -0.466 e. The zero-order valence-electron chi connectivity index (χ0n) is 19.4. The molecule has 2 aromatic rings. The fourth-order valence-corrected chi connectivity index (χ4v) is 6.09. The summed E-state index contributed by atoms with van der Waals surface area (Å²) in [6.45, 7) is 4.09. The Bertz CT molecular complexity index is 1130. The molecule has 1 aliphatic heterocycles. The van der Waals surface area contributed by atoms with Crippen molar-refractivity contribution in [3.8, 4) is 0 Å². The lowest BCUT2D eigenvalue weighted by atomic mass is 9.79. The molecule has 1 aromatic heterocycles.